The first-order valence-corrected chi connectivity index (χ1v) is 8.39. The molecule has 0 aromatic heterocycles. The van der Waals surface area contributed by atoms with Gasteiger partial charge in [-0.1, -0.05) is 25.7 Å². The van der Waals surface area contributed by atoms with Crippen LogP contribution in [0.15, 0.2) is 24.3 Å². The van der Waals surface area contributed by atoms with Crippen LogP contribution in [0, 0.1) is 0 Å². The second-order valence-electron chi connectivity index (χ2n) is 6.09. The Morgan fingerprint density at radius 1 is 1.04 bits per heavy atom. The molecule has 1 aliphatic carbocycles. The van der Waals surface area contributed by atoms with E-state index in [1.807, 2.05) is 0 Å². The zero-order valence-corrected chi connectivity index (χ0v) is 14.0. The fourth-order valence-corrected chi connectivity index (χ4v) is 2.80. The van der Waals surface area contributed by atoms with E-state index in [1.165, 1.54) is 19.8 Å². The van der Waals surface area contributed by atoms with Gasteiger partial charge in [0.2, 0.25) is 5.91 Å². The van der Waals surface area contributed by atoms with E-state index in [0.29, 0.717) is 11.3 Å². The minimum atomic E-state index is -0.555. The number of amides is 2. The largest absolute Gasteiger partial charge is 0.452 e. The Labute approximate surface area is 142 Å². The van der Waals surface area contributed by atoms with Crippen molar-refractivity contribution in [3.05, 3.63) is 29.8 Å². The lowest BCUT2D eigenvalue weighted by Gasteiger charge is -2.16. The van der Waals surface area contributed by atoms with Crippen LogP contribution in [-0.2, 0) is 14.3 Å². The van der Waals surface area contributed by atoms with Gasteiger partial charge in [-0.2, -0.15) is 0 Å². The van der Waals surface area contributed by atoms with Crippen molar-refractivity contribution in [2.75, 3.05) is 11.9 Å². The van der Waals surface area contributed by atoms with Crippen LogP contribution in [0.1, 0.15) is 55.8 Å². The smallest absolute Gasteiger partial charge is 0.338 e. The molecule has 24 heavy (non-hydrogen) atoms. The highest BCUT2D eigenvalue weighted by molar-refractivity contribution is 5.93. The van der Waals surface area contributed by atoms with Crippen LogP contribution in [0.4, 0.5) is 5.69 Å². The third-order valence-corrected chi connectivity index (χ3v) is 4.00. The summed E-state index contributed by atoms with van der Waals surface area (Å²) in [7, 11) is 0. The number of carbonyl (C=O) groups excluding carboxylic acids is 3. The molecule has 0 unspecified atom stereocenters. The highest BCUT2D eigenvalue weighted by Crippen LogP contribution is 2.17. The molecule has 0 radical (unpaired) electrons. The summed E-state index contributed by atoms with van der Waals surface area (Å²) in [5, 5.41) is 5.55. The molecule has 2 rings (SSSR count). The van der Waals surface area contributed by atoms with E-state index in [-0.39, 0.29) is 24.5 Å². The first-order valence-electron chi connectivity index (χ1n) is 8.39. The minimum Gasteiger partial charge on any atom is -0.452 e. The van der Waals surface area contributed by atoms with Crippen molar-refractivity contribution in [3.8, 4) is 0 Å². The second-order valence-corrected chi connectivity index (χ2v) is 6.09. The Morgan fingerprint density at radius 3 is 2.25 bits per heavy atom. The average molecular weight is 332 g/mol. The van der Waals surface area contributed by atoms with Gasteiger partial charge in [-0.15, -0.1) is 0 Å². The molecule has 0 spiro atoms. The molecule has 0 heterocycles. The molecular weight excluding hydrogens is 308 g/mol. The van der Waals surface area contributed by atoms with Gasteiger partial charge >= 0.3 is 5.97 Å². The average Bonchev–Trinajstić information content (AvgIpc) is 2.81. The number of rotatable bonds is 5. The van der Waals surface area contributed by atoms with Gasteiger partial charge in [0.05, 0.1) is 5.56 Å². The molecule has 1 saturated carbocycles. The van der Waals surface area contributed by atoms with E-state index in [1.54, 1.807) is 24.3 Å². The molecule has 2 amide bonds. The van der Waals surface area contributed by atoms with Crippen molar-refractivity contribution in [1.82, 2.24) is 5.32 Å². The maximum Gasteiger partial charge on any atom is 0.338 e. The first-order chi connectivity index (χ1) is 11.5. The van der Waals surface area contributed by atoms with Gasteiger partial charge in [0.25, 0.3) is 5.91 Å². The summed E-state index contributed by atoms with van der Waals surface area (Å²) >= 11 is 0. The summed E-state index contributed by atoms with van der Waals surface area (Å²) in [6, 6.07) is 6.52. The highest BCUT2D eigenvalue weighted by atomic mass is 16.5. The number of hydrogen-bond acceptors (Lipinski definition) is 4. The van der Waals surface area contributed by atoms with Crippen LogP contribution >= 0.6 is 0 Å². The lowest BCUT2D eigenvalue weighted by molar-refractivity contribution is -0.125. The van der Waals surface area contributed by atoms with Crippen LogP contribution < -0.4 is 10.6 Å². The second kappa shape index (κ2) is 9.05. The van der Waals surface area contributed by atoms with Crippen molar-refractivity contribution in [1.29, 1.82) is 0 Å². The molecule has 1 aromatic rings. The molecule has 0 atom stereocenters. The molecule has 0 aliphatic heterocycles. The summed E-state index contributed by atoms with van der Waals surface area (Å²) in [4.78, 5) is 34.8. The van der Waals surface area contributed by atoms with E-state index in [2.05, 4.69) is 10.6 Å². The van der Waals surface area contributed by atoms with Crippen molar-refractivity contribution in [3.63, 3.8) is 0 Å². The van der Waals surface area contributed by atoms with E-state index >= 15 is 0 Å². The molecule has 0 bridgehead atoms. The van der Waals surface area contributed by atoms with Gasteiger partial charge in [0.15, 0.2) is 6.61 Å². The number of benzene rings is 1. The van der Waals surface area contributed by atoms with E-state index in [9.17, 15) is 14.4 Å². The normalized spacial score (nSPS) is 15.2. The summed E-state index contributed by atoms with van der Waals surface area (Å²) < 4.78 is 5.05. The van der Waals surface area contributed by atoms with Gasteiger partial charge < -0.3 is 15.4 Å². The molecule has 130 valence electrons. The quantitative estimate of drug-likeness (QED) is 0.641. The zero-order valence-electron chi connectivity index (χ0n) is 14.0. The number of nitrogens with one attached hydrogen (secondary N) is 2. The third-order valence-electron chi connectivity index (χ3n) is 4.00. The van der Waals surface area contributed by atoms with Crippen LogP contribution in [0.25, 0.3) is 0 Å². The lowest BCUT2D eigenvalue weighted by Crippen LogP contribution is -2.37. The molecule has 1 aliphatic rings. The van der Waals surface area contributed by atoms with Crippen molar-refractivity contribution in [2.24, 2.45) is 0 Å². The number of anilines is 1. The summed E-state index contributed by atoms with van der Waals surface area (Å²) in [6.07, 6.45) is 6.68. The molecule has 2 N–H and O–H groups in total. The molecule has 1 fully saturated rings. The Balaban J connectivity index is 1.77. The number of hydrogen-bond donors (Lipinski definition) is 2. The predicted octanol–water partition coefficient (Wildman–Crippen LogP) is 2.64. The topological polar surface area (TPSA) is 84.5 Å². The molecule has 6 heteroatoms. The predicted molar refractivity (Wildman–Crippen MR) is 90.7 cm³/mol. The SMILES string of the molecule is CC(=O)Nc1ccc(C(=O)OCC(=O)NC2CCCCCC2)cc1. The van der Waals surface area contributed by atoms with Crippen LogP contribution in [0.2, 0.25) is 0 Å². The monoisotopic (exact) mass is 332 g/mol. The van der Waals surface area contributed by atoms with Crippen molar-refractivity contribution in [2.45, 2.75) is 51.5 Å². The fraction of sp³-hybridized carbons (Fsp3) is 0.500. The summed E-state index contributed by atoms with van der Waals surface area (Å²) in [6.45, 7) is 1.14. The Hall–Kier alpha value is -2.37. The first kappa shape index (κ1) is 18.0. The maximum absolute atomic E-state index is 11.9. The van der Waals surface area contributed by atoms with Gasteiger partial charge in [-0.3, -0.25) is 9.59 Å². The summed E-state index contributed by atoms with van der Waals surface area (Å²) in [5.41, 5.74) is 0.941. The van der Waals surface area contributed by atoms with Gasteiger partial charge in [0, 0.05) is 18.7 Å². The Morgan fingerprint density at radius 2 is 1.67 bits per heavy atom. The number of carbonyl (C=O) groups is 3. The third kappa shape index (κ3) is 6.02. The van der Waals surface area contributed by atoms with Crippen LogP contribution in [0.5, 0.6) is 0 Å². The van der Waals surface area contributed by atoms with Gasteiger partial charge in [-0.25, -0.2) is 4.79 Å². The molecule has 0 saturated heterocycles. The van der Waals surface area contributed by atoms with Gasteiger partial charge in [0.1, 0.15) is 0 Å². The minimum absolute atomic E-state index is 0.180. The van der Waals surface area contributed by atoms with E-state index < -0.39 is 5.97 Å². The number of esters is 1. The van der Waals surface area contributed by atoms with Crippen molar-refractivity contribution >= 4 is 23.5 Å². The fourth-order valence-electron chi connectivity index (χ4n) is 2.80. The standard InChI is InChI=1S/C18H24N2O4/c1-13(21)19-16-10-8-14(9-11-16)18(23)24-12-17(22)20-15-6-4-2-3-5-7-15/h8-11,15H,2-7,12H2,1H3,(H,19,21)(H,20,22). The van der Waals surface area contributed by atoms with E-state index in [4.69, 9.17) is 4.74 Å². The Bertz CT molecular complexity index is 575. The van der Waals surface area contributed by atoms with Gasteiger partial charge in [-0.05, 0) is 37.1 Å². The van der Waals surface area contributed by atoms with Crippen LogP contribution in [-0.4, -0.2) is 30.4 Å². The van der Waals surface area contributed by atoms with Crippen molar-refractivity contribution < 1.29 is 19.1 Å². The molecular formula is C18H24N2O4. The molecule has 1 aromatic carbocycles. The maximum atomic E-state index is 11.9. The van der Waals surface area contributed by atoms with E-state index in [0.717, 1.165) is 25.7 Å². The number of ether oxygens (including phenoxy) is 1. The lowest BCUT2D eigenvalue weighted by atomic mass is 10.1. The highest BCUT2D eigenvalue weighted by Gasteiger charge is 2.16. The van der Waals surface area contributed by atoms with Crippen LogP contribution in [0.3, 0.4) is 0 Å². The Kier molecular flexibility index (Phi) is 6.78. The summed E-state index contributed by atoms with van der Waals surface area (Å²) in [5.74, 6) is -0.994. The molecule has 6 nitrogen and oxygen atoms in total. The zero-order chi connectivity index (χ0) is 17.4.